The van der Waals surface area contributed by atoms with Gasteiger partial charge in [-0.15, -0.1) is 0 Å². The second-order valence-electron chi connectivity index (χ2n) is 5.71. The molecule has 0 aliphatic rings. The molecule has 2 aromatic rings. The van der Waals surface area contributed by atoms with Gasteiger partial charge in [-0.05, 0) is 43.8 Å². The summed E-state index contributed by atoms with van der Waals surface area (Å²) in [5.74, 6) is -0.869. The summed E-state index contributed by atoms with van der Waals surface area (Å²) in [6.07, 6.45) is 0. The van der Waals surface area contributed by atoms with Crippen LogP contribution in [0.25, 0.3) is 11.1 Å². The molecule has 0 spiro atoms. The fourth-order valence-corrected chi connectivity index (χ4v) is 2.24. The van der Waals surface area contributed by atoms with Gasteiger partial charge >= 0.3 is 0 Å². The lowest BCUT2D eigenvalue weighted by molar-refractivity contribution is 0.0946. The van der Waals surface area contributed by atoms with Crippen molar-refractivity contribution in [3.63, 3.8) is 0 Å². The van der Waals surface area contributed by atoms with Crippen LogP contribution in [-0.2, 0) is 0 Å². The van der Waals surface area contributed by atoms with E-state index in [2.05, 4.69) is 10.2 Å². The minimum atomic E-state index is -0.496. The number of carbonyl (C=O) groups excluding carboxylic acids is 1. The van der Waals surface area contributed by atoms with E-state index in [0.717, 1.165) is 29.8 Å². The predicted octanol–water partition coefficient (Wildman–Crippen LogP) is 3.48. The third kappa shape index (κ3) is 4.63. The minimum absolute atomic E-state index is 0.0833. The summed E-state index contributed by atoms with van der Waals surface area (Å²) in [5, 5.41) is 2.75. The van der Waals surface area contributed by atoms with E-state index in [9.17, 15) is 9.18 Å². The van der Waals surface area contributed by atoms with Gasteiger partial charge in [0.25, 0.3) is 5.91 Å². The van der Waals surface area contributed by atoms with E-state index in [1.54, 1.807) is 12.1 Å². The normalized spacial score (nSPS) is 10.8. The highest BCUT2D eigenvalue weighted by molar-refractivity contribution is 5.95. The Bertz CT molecular complexity index is 668. The number of amides is 1. The number of nitrogens with one attached hydrogen (secondary N) is 1. The second kappa shape index (κ2) is 7.88. The third-order valence-electron chi connectivity index (χ3n) is 3.92. The fourth-order valence-electron chi connectivity index (χ4n) is 2.24. The molecule has 1 amide bonds. The van der Waals surface area contributed by atoms with E-state index in [4.69, 9.17) is 0 Å². The maximum Gasteiger partial charge on any atom is 0.254 e. The van der Waals surface area contributed by atoms with Gasteiger partial charge in [0.2, 0.25) is 0 Å². The number of hydrogen-bond acceptors (Lipinski definition) is 2. The first-order valence-corrected chi connectivity index (χ1v) is 7.84. The number of carbonyl (C=O) groups is 1. The highest BCUT2D eigenvalue weighted by atomic mass is 19.1. The largest absolute Gasteiger partial charge is 0.351 e. The first kappa shape index (κ1) is 17.2. The van der Waals surface area contributed by atoms with Crippen LogP contribution in [-0.4, -0.2) is 37.5 Å². The molecular weight excluding hydrogens is 291 g/mol. The lowest BCUT2D eigenvalue weighted by Crippen LogP contribution is -2.33. The molecule has 1 N–H and O–H groups in total. The smallest absolute Gasteiger partial charge is 0.254 e. The minimum Gasteiger partial charge on any atom is -0.351 e. The van der Waals surface area contributed by atoms with Gasteiger partial charge in [-0.2, -0.15) is 0 Å². The maximum atomic E-state index is 14.2. The molecular formula is C19H23FN2O. The van der Waals surface area contributed by atoms with Crippen molar-refractivity contribution in [3.8, 4) is 11.1 Å². The first-order chi connectivity index (χ1) is 11.0. The summed E-state index contributed by atoms with van der Waals surface area (Å²) in [7, 11) is 1.98. The number of halogens is 1. The van der Waals surface area contributed by atoms with Crippen molar-refractivity contribution in [1.82, 2.24) is 10.2 Å². The van der Waals surface area contributed by atoms with Crippen LogP contribution in [0.2, 0.25) is 0 Å². The van der Waals surface area contributed by atoms with Crippen LogP contribution >= 0.6 is 0 Å². The lowest BCUT2D eigenvalue weighted by atomic mass is 10.0. The van der Waals surface area contributed by atoms with Crippen molar-refractivity contribution in [2.75, 3.05) is 26.7 Å². The molecule has 0 unspecified atom stereocenters. The predicted molar refractivity (Wildman–Crippen MR) is 92.1 cm³/mol. The van der Waals surface area contributed by atoms with Crippen LogP contribution in [0.3, 0.4) is 0 Å². The number of hydrogen-bond donors (Lipinski definition) is 1. The van der Waals surface area contributed by atoms with Crippen molar-refractivity contribution in [2.45, 2.75) is 13.8 Å². The molecule has 0 saturated heterocycles. The maximum absolute atomic E-state index is 14.2. The standard InChI is InChI=1S/C19H23FN2O/c1-4-22(3)12-11-21-19(23)17-10-9-16(13-18(17)20)15-7-5-14(2)6-8-15/h5-10,13H,4,11-12H2,1-3H3,(H,21,23). The fraction of sp³-hybridized carbons (Fsp3) is 0.316. The van der Waals surface area contributed by atoms with E-state index in [0.29, 0.717) is 6.54 Å². The Morgan fingerprint density at radius 3 is 2.39 bits per heavy atom. The molecule has 0 fully saturated rings. The van der Waals surface area contributed by atoms with E-state index in [-0.39, 0.29) is 11.5 Å². The molecule has 2 aromatic carbocycles. The van der Waals surface area contributed by atoms with Crippen molar-refractivity contribution in [3.05, 3.63) is 59.4 Å². The third-order valence-corrected chi connectivity index (χ3v) is 3.92. The van der Waals surface area contributed by atoms with Crippen LogP contribution in [0.5, 0.6) is 0 Å². The summed E-state index contributed by atoms with van der Waals surface area (Å²) >= 11 is 0. The van der Waals surface area contributed by atoms with Crippen molar-refractivity contribution < 1.29 is 9.18 Å². The molecule has 0 heterocycles. The van der Waals surface area contributed by atoms with Crippen LogP contribution in [0.1, 0.15) is 22.8 Å². The van der Waals surface area contributed by atoms with Gasteiger partial charge < -0.3 is 10.2 Å². The number of nitrogens with zero attached hydrogens (tertiary/aromatic N) is 1. The number of benzene rings is 2. The topological polar surface area (TPSA) is 32.3 Å². The van der Waals surface area contributed by atoms with Gasteiger partial charge in [-0.3, -0.25) is 4.79 Å². The summed E-state index contributed by atoms with van der Waals surface area (Å²) < 4.78 is 14.2. The molecule has 0 bridgehead atoms. The van der Waals surface area contributed by atoms with Crippen LogP contribution in [0.4, 0.5) is 4.39 Å². The Hall–Kier alpha value is -2.20. The van der Waals surface area contributed by atoms with E-state index >= 15 is 0 Å². The molecule has 0 atom stereocenters. The van der Waals surface area contributed by atoms with Gasteiger partial charge in [0.1, 0.15) is 5.82 Å². The van der Waals surface area contributed by atoms with Crippen molar-refractivity contribution in [1.29, 1.82) is 0 Å². The zero-order chi connectivity index (χ0) is 16.8. The van der Waals surface area contributed by atoms with E-state index in [1.807, 2.05) is 45.2 Å². The molecule has 0 radical (unpaired) electrons. The van der Waals surface area contributed by atoms with Crippen molar-refractivity contribution >= 4 is 5.91 Å². The van der Waals surface area contributed by atoms with Crippen LogP contribution < -0.4 is 5.32 Å². The second-order valence-corrected chi connectivity index (χ2v) is 5.71. The SMILES string of the molecule is CCN(C)CCNC(=O)c1ccc(-c2ccc(C)cc2)cc1F. The summed E-state index contributed by atoms with van der Waals surface area (Å²) in [6.45, 7) is 6.21. The lowest BCUT2D eigenvalue weighted by Gasteiger charge is -2.14. The van der Waals surface area contributed by atoms with Gasteiger partial charge in [0.15, 0.2) is 0 Å². The molecule has 23 heavy (non-hydrogen) atoms. The Balaban J connectivity index is 2.07. The van der Waals surface area contributed by atoms with Crippen LogP contribution in [0.15, 0.2) is 42.5 Å². The number of likely N-dealkylation sites (N-methyl/N-ethyl adjacent to an activating group) is 1. The highest BCUT2D eigenvalue weighted by Gasteiger charge is 2.12. The monoisotopic (exact) mass is 314 g/mol. The Morgan fingerprint density at radius 2 is 1.78 bits per heavy atom. The zero-order valence-electron chi connectivity index (χ0n) is 13.9. The van der Waals surface area contributed by atoms with Gasteiger partial charge in [-0.25, -0.2) is 4.39 Å². The van der Waals surface area contributed by atoms with Crippen LogP contribution in [0, 0.1) is 12.7 Å². The quantitative estimate of drug-likeness (QED) is 0.885. The summed E-state index contributed by atoms with van der Waals surface area (Å²) in [6, 6.07) is 12.6. The average molecular weight is 314 g/mol. The molecule has 0 aromatic heterocycles. The summed E-state index contributed by atoms with van der Waals surface area (Å²) in [5.41, 5.74) is 2.94. The summed E-state index contributed by atoms with van der Waals surface area (Å²) in [4.78, 5) is 14.1. The molecule has 0 aliphatic carbocycles. The Morgan fingerprint density at radius 1 is 1.13 bits per heavy atom. The van der Waals surface area contributed by atoms with Gasteiger partial charge in [0.05, 0.1) is 5.56 Å². The Kier molecular flexibility index (Phi) is 5.88. The Labute approximate surface area is 137 Å². The van der Waals surface area contributed by atoms with Gasteiger partial charge in [-0.1, -0.05) is 42.8 Å². The molecule has 4 heteroatoms. The molecule has 2 rings (SSSR count). The molecule has 122 valence electrons. The van der Waals surface area contributed by atoms with Crippen molar-refractivity contribution in [2.24, 2.45) is 0 Å². The number of rotatable bonds is 6. The first-order valence-electron chi connectivity index (χ1n) is 7.84. The molecule has 0 saturated carbocycles. The van der Waals surface area contributed by atoms with E-state index < -0.39 is 5.82 Å². The zero-order valence-corrected chi connectivity index (χ0v) is 13.9. The van der Waals surface area contributed by atoms with Gasteiger partial charge in [0, 0.05) is 13.1 Å². The molecule has 3 nitrogen and oxygen atoms in total. The van der Waals surface area contributed by atoms with E-state index in [1.165, 1.54) is 6.07 Å². The number of aryl methyl sites for hydroxylation is 1. The average Bonchev–Trinajstić information content (AvgIpc) is 2.55. The highest BCUT2D eigenvalue weighted by Crippen LogP contribution is 2.22. The molecule has 0 aliphatic heterocycles.